The van der Waals surface area contributed by atoms with Gasteiger partial charge in [-0.15, -0.1) is 0 Å². The molecule has 0 bridgehead atoms. The lowest BCUT2D eigenvalue weighted by atomic mass is 10.1. The van der Waals surface area contributed by atoms with Crippen LogP contribution < -0.4 is 5.32 Å². The topological polar surface area (TPSA) is 55.1 Å². The van der Waals surface area contributed by atoms with E-state index in [2.05, 4.69) is 55.5 Å². The molecule has 3 aromatic carbocycles. The van der Waals surface area contributed by atoms with Gasteiger partial charge < -0.3 is 9.73 Å². The summed E-state index contributed by atoms with van der Waals surface area (Å²) in [5.74, 6) is 0.402. The van der Waals surface area contributed by atoms with Crippen LogP contribution in [0.1, 0.15) is 15.9 Å². The summed E-state index contributed by atoms with van der Waals surface area (Å²) in [6.45, 7) is 2.02. The number of nitrogens with one attached hydrogen (secondary N) is 1. The number of hydrogen-bond acceptors (Lipinski definition) is 3. The van der Waals surface area contributed by atoms with E-state index in [1.54, 1.807) is 0 Å². The first-order valence-corrected chi connectivity index (χ1v) is 10.4. The molecule has 0 aliphatic heterocycles. The summed E-state index contributed by atoms with van der Waals surface area (Å²) in [4.78, 5) is 17.2. The number of hydrogen-bond donors (Lipinski definition) is 1. The molecule has 0 saturated carbocycles. The van der Waals surface area contributed by atoms with Gasteiger partial charge in [-0.25, -0.2) is 4.98 Å². The van der Waals surface area contributed by atoms with Crippen LogP contribution in [0.25, 0.3) is 22.6 Å². The number of halogens is 2. The van der Waals surface area contributed by atoms with Gasteiger partial charge in [0.05, 0.1) is 5.56 Å². The Hall–Kier alpha value is -1.94. The minimum atomic E-state index is -0.136. The van der Waals surface area contributed by atoms with Crippen molar-refractivity contribution in [1.29, 1.82) is 0 Å². The van der Waals surface area contributed by atoms with Crippen LogP contribution in [0.2, 0.25) is 0 Å². The number of aromatic nitrogens is 1. The largest absolute Gasteiger partial charge is 0.436 e. The molecule has 1 N–H and O–H groups in total. The number of oxazole rings is 1. The summed E-state index contributed by atoms with van der Waals surface area (Å²) in [5.41, 5.74) is 4.89. The zero-order chi connectivity index (χ0) is 19.0. The van der Waals surface area contributed by atoms with Crippen LogP contribution in [-0.4, -0.2) is 10.9 Å². The molecule has 0 atom stereocenters. The van der Waals surface area contributed by atoms with Gasteiger partial charge in [0, 0.05) is 18.4 Å². The summed E-state index contributed by atoms with van der Waals surface area (Å²) >= 11 is 4.38. The van der Waals surface area contributed by atoms with Crippen molar-refractivity contribution in [2.75, 3.05) is 5.32 Å². The van der Waals surface area contributed by atoms with Crippen LogP contribution in [0.15, 0.2) is 65.1 Å². The Bertz CT molecular complexity index is 1170. The first kappa shape index (κ1) is 18.4. The zero-order valence-electron chi connectivity index (χ0n) is 14.3. The highest BCUT2D eigenvalue weighted by Crippen LogP contribution is 2.27. The Morgan fingerprint density at radius 2 is 1.89 bits per heavy atom. The Morgan fingerprint density at radius 1 is 1.04 bits per heavy atom. The van der Waals surface area contributed by atoms with Gasteiger partial charge >= 0.3 is 0 Å². The van der Waals surface area contributed by atoms with E-state index in [9.17, 15) is 4.79 Å². The molecule has 0 fully saturated rings. The van der Waals surface area contributed by atoms with E-state index in [-0.39, 0.29) is 5.91 Å². The number of rotatable bonds is 3. The number of anilines is 1. The lowest BCUT2D eigenvalue weighted by molar-refractivity contribution is 0.102. The van der Waals surface area contributed by atoms with E-state index < -0.39 is 0 Å². The van der Waals surface area contributed by atoms with Crippen LogP contribution in [0.4, 0.5) is 5.69 Å². The molecule has 0 unspecified atom stereocenters. The first-order chi connectivity index (χ1) is 13.0. The van der Waals surface area contributed by atoms with Crippen molar-refractivity contribution in [3.8, 4) is 11.5 Å². The normalized spacial score (nSPS) is 10.9. The third-order valence-corrected chi connectivity index (χ3v) is 5.70. The Kier molecular flexibility index (Phi) is 5.18. The van der Waals surface area contributed by atoms with Crippen LogP contribution in [0.5, 0.6) is 0 Å². The van der Waals surface area contributed by atoms with Crippen molar-refractivity contribution < 1.29 is 9.21 Å². The highest BCUT2D eigenvalue weighted by atomic mass is 127. The van der Waals surface area contributed by atoms with Crippen LogP contribution >= 0.6 is 45.2 Å². The van der Waals surface area contributed by atoms with Crippen molar-refractivity contribution in [2.45, 2.75) is 6.92 Å². The average molecular weight is 580 g/mol. The number of aryl methyl sites for hydroxylation is 1. The number of benzene rings is 3. The molecular formula is C21H14I2N2O2. The second-order valence-electron chi connectivity index (χ2n) is 6.15. The average Bonchev–Trinajstić information content (AvgIpc) is 3.07. The second-order valence-corrected chi connectivity index (χ2v) is 8.56. The van der Waals surface area contributed by atoms with Crippen LogP contribution in [0, 0.1) is 14.1 Å². The van der Waals surface area contributed by atoms with Crippen molar-refractivity contribution >= 4 is 67.9 Å². The first-order valence-electron chi connectivity index (χ1n) is 8.23. The minimum Gasteiger partial charge on any atom is -0.436 e. The number of carbonyl (C=O) groups is 1. The number of nitrogens with zero attached hydrogens (tertiary/aromatic N) is 1. The van der Waals surface area contributed by atoms with Gasteiger partial charge in [-0.3, -0.25) is 4.79 Å². The Morgan fingerprint density at radius 3 is 2.74 bits per heavy atom. The van der Waals surface area contributed by atoms with Gasteiger partial charge in [0.25, 0.3) is 5.91 Å². The highest BCUT2D eigenvalue weighted by Gasteiger charge is 2.13. The maximum Gasteiger partial charge on any atom is 0.256 e. The molecule has 4 aromatic rings. The van der Waals surface area contributed by atoms with Crippen molar-refractivity contribution in [3.63, 3.8) is 0 Å². The molecule has 0 saturated heterocycles. The molecule has 6 heteroatoms. The molecule has 0 radical (unpaired) electrons. The van der Waals surface area contributed by atoms with Gasteiger partial charge in [0.1, 0.15) is 5.52 Å². The third-order valence-electron chi connectivity index (χ3n) is 4.08. The van der Waals surface area contributed by atoms with Crippen LogP contribution in [-0.2, 0) is 0 Å². The predicted molar refractivity (Wildman–Crippen MR) is 124 cm³/mol. The lowest BCUT2D eigenvalue weighted by Crippen LogP contribution is -2.13. The van der Waals surface area contributed by atoms with Gasteiger partial charge in [0.15, 0.2) is 5.58 Å². The molecule has 134 valence electrons. The molecule has 0 aliphatic carbocycles. The highest BCUT2D eigenvalue weighted by molar-refractivity contribution is 14.1. The van der Waals surface area contributed by atoms with E-state index in [1.807, 2.05) is 67.6 Å². The summed E-state index contributed by atoms with van der Waals surface area (Å²) in [5, 5.41) is 2.96. The van der Waals surface area contributed by atoms with E-state index in [0.717, 1.165) is 29.4 Å². The molecule has 27 heavy (non-hydrogen) atoms. The lowest BCUT2D eigenvalue weighted by Gasteiger charge is -2.08. The van der Waals surface area contributed by atoms with E-state index in [0.29, 0.717) is 17.1 Å². The van der Waals surface area contributed by atoms with Crippen molar-refractivity contribution in [3.05, 3.63) is 78.9 Å². The number of amides is 1. The number of fused-ring (bicyclic) bond motifs is 1. The molecule has 1 heterocycles. The van der Waals surface area contributed by atoms with Gasteiger partial charge in [-0.1, -0.05) is 12.1 Å². The smallest absolute Gasteiger partial charge is 0.256 e. The summed E-state index contributed by atoms with van der Waals surface area (Å²) < 4.78 is 7.80. The molecule has 4 rings (SSSR count). The van der Waals surface area contributed by atoms with Gasteiger partial charge in [-0.05, 0) is 106 Å². The zero-order valence-corrected chi connectivity index (χ0v) is 18.6. The molecule has 1 amide bonds. The Labute approximate surface area is 183 Å². The van der Waals surface area contributed by atoms with Gasteiger partial charge in [-0.2, -0.15) is 0 Å². The van der Waals surface area contributed by atoms with Crippen molar-refractivity contribution in [1.82, 2.24) is 4.98 Å². The summed E-state index contributed by atoms with van der Waals surface area (Å²) in [6, 6.07) is 19.2. The molecule has 1 aromatic heterocycles. The monoisotopic (exact) mass is 580 g/mol. The second kappa shape index (κ2) is 7.59. The minimum absolute atomic E-state index is 0.136. The summed E-state index contributed by atoms with van der Waals surface area (Å²) in [7, 11) is 0. The van der Waals surface area contributed by atoms with E-state index in [4.69, 9.17) is 4.42 Å². The fraction of sp³-hybridized carbons (Fsp3) is 0.0476. The molecular weight excluding hydrogens is 566 g/mol. The van der Waals surface area contributed by atoms with Gasteiger partial charge in [0.2, 0.25) is 5.89 Å². The maximum atomic E-state index is 12.7. The van der Waals surface area contributed by atoms with E-state index >= 15 is 0 Å². The van der Waals surface area contributed by atoms with E-state index in [1.165, 1.54) is 0 Å². The fourth-order valence-electron chi connectivity index (χ4n) is 2.76. The number of carbonyl (C=O) groups excluding carboxylic acids is 1. The maximum absolute atomic E-state index is 12.7. The van der Waals surface area contributed by atoms with Crippen molar-refractivity contribution in [2.24, 2.45) is 0 Å². The SMILES string of the molecule is Cc1ccc2oc(-c3cccc(NC(=O)c4cc(I)ccc4I)c3)nc2c1. The third kappa shape index (κ3) is 4.01. The fourth-order valence-corrected chi connectivity index (χ4v) is 3.83. The standard InChI is InChI=1S/C21H14I2N2O2/c1-12-5-8-19-18(9-12)25-21(27-19)13-3-2-4-15(10-13)24-20(26)16-11-14(22)6-7-17(16)23/h2-11H,1H3,(H,24,26). The molecule has 4 nitrogen and oxygen atoms in total. The quantitative estimate of drug-likeness (QED) is 0.291. The predicted octanol–water partition coefficient (Wildman–Crippen LogP) is 6.26. The van der Waals surface area contributed by atoms with Crippen LogP contribution in [0.3, 0.4) is 0 Å². The Balaban J connectivity index is 1.63. The molecule has 0 spiro atoms. The summed E-state index contributed by atoms with van der Waals surface area (Å²) in [6.07, 6.45) is 0. The molecule has 0 aliphatic rings.